The van der Waals surface area contributed by atoms with Crippen LogP contribution in [0, 0.1) is 0 Å². The minimum Gasteiger partial charge on any atom is -0.395 e. The summed E-state index contributed by atoms with van der Waals surface area (Å²) in [4.78, 5) is 0. The summed E-state index contributed by atoms with van der Waals surface area (Å²) < 4.78 is 12.6. The molecule has 2 nitrogen and oxygen atoms in total. The molecule has 0 unspecified atom stereocenters. The Balaban J connectivity index is 2.78. The Morgan fingerprint density at radius 1 is 1.57 bits per heavy atom. The molecule has 2 atom stereocenters. The van der Waals surface area contributed by atoms with E-state index >= 15 is 0 Å². The second-order valence-electron chi connectivity index (χ2n) is 3.01. The highest BCUT2D eigenvalue weighted by atomic mass is 79.9. The Labute approximate surface area is 94.9 Å². The first-order valence-electron chi connectivity index (χ1n) is 4.38. The van der Waals surface area contributed by atoms with Gasteiger partial charge in [-0.1, -0.05) is 28.1 Å². The normalized spacial score (nSPS) is 15.1. The second-order valence-corrected chi connectivity index (χ2v) is 5.80. The molecule has 0 spiro atoms. The van der Waals surface area contributed by atoms with E-state index in [9.17, 15) is 4.21 Å². The lowest BCUT2D eigenvalue weighted by Gasteiger charge is -2.10. The van der Waals surface area contributed by atoms with Crippen molar-refractivity contribution in [2.45, 2.75) is 12.2 Å². The molecule has 0 fully saturated rings. The van der Waals surface area contributed by atoms with Gasteiger partial charge >= 0.3 is 0 Å². The third kappa shape index (κ3) is 3.19. The van der Waals surface area contributed by atoms with Gasteiger partial charge in [0.15, 0.2) is 0 Å². The van der Waals surface area contributed by atoms with E-state index in [4.69, 9.17) is 5.11 Å². The van der Waals surface area contributed by atoms with Crippen LogP contribution in [-0.2, 0) is 10.8 Å². The van der Waals surface area contributed by atoms with E-state index in [1.54, 1.807) is 0 Å². The fourth-order valence-electron chi connectivity index (χ4n) is 1.18. The summed E-state index contributed by atoms with van der Waals surface area (Å²) in [7, 11) is -0.995. The molecule has 0 saturated heterocycles. The highest BCUT2D eigenvalue weighted by molar-refractivity contribution is 9.10. The highest BCUT2D eigenvalue weighted by Crippen LogP contribution is 2.22. The van der Waals surface area contributed by atoms with Gasteiger partial charge in [-0.2, -0.15) is 0 Å². The third-order valence-corrected chi connectivity index (χ3v) is 4.14. The Hall–Kier alpha value is -0.190. The lowest BCUT2D eigenvalue weighted by atomic mass is 10.2. The van der Waals surface area contributed by atoms with Crippen LogP contribution in [-0.4, -0.2) is 21.7 Å². The monoisotopic (exact) mass is 276 g/mol. The molecular weight excluding hydrogens is 264 g/mol. The average Bonchev–Trinajstić information content (AvgIpc) is 2.17. The smallest absolute Gasteiger partial charge is 0.0570 e. The van der Waals surface area contributed by atoms with Gasteiger partial charge in [0, 0.05) is 21.0 Å². The number of rotatable bonds is 4. The van der Waals surface area contributed by atoms with Crippen molar-refractivity contribution >= 4 is 26.7 Å². The molecule has 0 saturated carbocycles. The second kappa shape index (κ2) is 5.63. The van der Waals surface area contributed by atoms with E-state index in [2.05, 4.69) is 15.9 Å². The van der Waals surface area contributed by atoms with Crippen molar-refractivity contribution in [1.29, 1.82) is 0 Å². The van der Waals surface area contributed by atoms with Crippen LogP contribution in [0.2, 0.25) is 0 Å². The van der Waals surface area contributed by atoms with E-state index in [0.717, 1.165) is 10.0 Å². The molecule has 0 aliphatic carbocycles. The summed E-state index contributed by atoms with van der Waals surface area (Å²) >= 11 is 3.37. The van der Waals surface area contributed by atoms with Gasteiger partial charge in [0.25, 0.3) is 0 Å². The molecule has 1 rings (SSSR count). The van der Waals surface area contributed by atoms with Crippen molar-refractivity contribution < 1.29 is 9.32 Å². The fraction of sp³-hybridized carbons (Fsp3) is 0.400. The number of aliphatic hydroxyl groups is 1. The van der Waals surface area contributed by atoms with Crippen LogP contribution in [0.1, 0.15) is 17.7 Å². The van der Waals surface area contributed by atoms with Crippen molar-refractivity contribution in [2.24, 2.45) is 0 Å². The molecule has 14 heavy (non-hydrogen) atoms. The molecule has 1 N–H and O–H groups in total. The van der Waals surface area contributed by atoms with Crippen LogP contribution < -0.4 is 0 Å². The topological polar surface area (TPSA) is 37.3 Å². The molecule has 0 heterocycles. The van der Waals surface area contributed by atoms with Gasteiger partial charge in [-0.15, -0.1) is 0 Å². The molecule has 0 amide bonds. The summed E-state index contributed by atoms with van der Waals surface area (Å²) in [6.07, 6.45) is 0. The molecule has 0 radical (unpaired) electrons. The molecule has 1 aromatic carbocycles. The zero-order chi connectivity index (χ0) is 10.6. The minimum absolute atomic E-state index is 0.0229. The standard InChI is InChI=1S/C10H13BrO2S/c1-8(14(13)6-5-12)9-3-2-4-10(11)7-9/h2-4,7-8,12H,5-6H2,1H3/t8-,14+/m1/s1. The van der Waals surface area contributed by atoms with Crippen LogP contribution in [0.25, 0.3) is 0 Å². The first-order valence-corrected chi connectivity index (χ1v) is 6.56. The first kappa shape index (κ1) is 11.9. The number of hydrogen-bond acceptors (Lipinski definition) is 2. The van der Waals surface area contributed by atoms with Gasteiger partial charge in [0.2, 0.25) is 0 Å². The Bertz CT molecular complexity index is 328. The van der Waals surface area contributed by atoms with Crippen molar-refractivity contribution in [2.75, 3.05) is 12.4 Å². The predicted octanol–water partition coefficient (Wildman–Crippen LogP) is 2.25. The van der Waals surface area contributed by atoms with Gasteiger partial charge in [0.05, 0.1) is 11.9 Å². The maximum Gasteiger partial charge on any atom is 0.0570 e. The number of aliphatic hydroxyl groups excluding tert-OH is 1. The minimum atomic E-state index is -0.995. The molecule has 0 aromatic heterocycles. The van der Waals surface area contributed by atoms with E-state index in [1.807, 2.05) is 31.2 Å². The van der Waals surface area contributed by atoms with E-state index in [-0.39, 0.29) is 11.9 Å². The van der Waals surface area contributed by atoms with Crippen LogP contribution in [0.5, 0.6) is 0 Å². The highest BCUT2D eigenvalue weighted by Gasteiger charge is 2.12. The van der Waals surface area contributed by atoms with Crippen LogP contribution in [0.4, 0.5) is 0 Å². The Kier molecular flexibility index (Phi) is 4.78. The number of hydrogen-bond donors (Lipinski definition) is 1. The Morgan fingerprint density at radius 3 is 2.86 bits per heavy atom. The maximum atomic E-state index is 11.6. The largest absolute Gasteiger partial charge is 0.395 e. The first-order chi connectivity index (χ1) is 6.65. The summed E-state index contributed by atoms with van der Waals surface area (Å²) in [6, 6.07) is 7.77. The van der Waals surface area contributed by atoms with Gasteiger partial charge in [-0.3, -0.25) is 4.21 Å². The van der Waals surface area contributed by atoms with Crippen molar-refractivity contribution in [1.82, 2.24) is 0 Å². The van der Waals surface area contributed by atoms with Gasteiger partial charge in [-0.25, -0.2) is 0 Å². The molecule has 78 valence electrons. The van der Waals surface area contributed by atoms with Gasteiger partial charge in [0.1, 0.15) is 0 Å². The molecule has 4 heteroatoms. The van der Waals surface area contributed by atoms with Crippen LogP contribution in [0.3, 0.4) is 0 Å². The molecule has 1 aromatic rings. The van der Waals surface area contributed by atoms with Crippen molar-refractivity contribution in [3.8, 4) is 0 Å². The quantitative estimate of drug-likeness (QED) is 0.916. The number of halogens is 1. The van der Waals surface area contributed by atoms with E-state index in [1.165, 1.54) is 0 Å². The van der Waals surface area contributed by atoms with E-state index in [0.29, 0.717) is 5.75 Å². The molecule has 0 aliphatic heterocycles. The van der Waals surface area contributed by atoms with Crippen molar-refractivity contribution in [3.05, 3.63) is 34.3 Å². The summed E-state index contributed by atoms with van der Waals surface area (Å²) in [5.74, 6) is 0.341. The fourth-order valence-corrected chi connectivity index (χ4v) is 2.58. The molecular formula is C10H13BrO2S. The van der Waals surface area contributed by atoms with Crippen LogP contribution in [0.15, 0.2) is 28.7 Å². The average molecular weight is 277 g/mol. The lowest BCUT2D eigenvalue weighted by molar-refractivity contribution is 0.321. The lowest BCUT2D eigenvalue weighted by Crippen LogP contribution is -2.09. The zero-order valence-electron chi connectivity index (χ0n) is 7.94. The Morgan fingerprint density at radius 2 is 2.29 bits per heavy atom. The summed E-state index contributed by atoms with van der Waals surface area (Å²) in [6.45, 7) is 1.89. The molecule has 0 bridgehead atoms. The SMILES string of the molecule is C[C@H](c1cccc(Br)c1)[S@@](=O)CCO. The third-order valence-electron chi connectivity index (χ3n) is 2.00. The van der Waals surface area contributed by atoms with Crippen LogP contribution >= 0.6 is 15.9 Å². The summed E-state index contributed by atoms with van der Waals surface area (Å²) in [5, 5.41) is 8.66. The van der Waals surface area contributed by atoms with Gasteiger partial charge in [-0.05, 0) is 24.6 Å². The molecule has 0 aliphatic rings. The van der Waals surface area contributed by atoms with Gasteiger partial charge < -0.3 is 5.11 Å². The summed E-state index contributed by atoms with van der Waals surface area (Å²) in [5.41, 5.74) is 1.03. The number of benzene rings is 1. The predicted molar refractivity (Wildman–Crippen MR) is 62.7 cm³/mol. The zero-order valence-corrected chi connectivity index (χ0v) is 10.3. The van der Waals surface area contributed by atoms with E-state index < -0.39 is 10.8 Å². The maximum absolute atomic E-state index is 11.6. The van der Waals surface area contributed by atoms with Crippen molar-refractivity contribution in [3.63, 3.8) is 0 Å².